The molecular weight excluding hydrogens is 1670 g/mol. The van der Waals surface area contributed by atoms with Gasteiger partial charge in [-0.15, -0.1) is 0 Å². The lowest BCUT2D eigenvalue weighted by molar-refractivity contribution is -0.134. The number of aromatic nitrogens is 8. The van der Waals surface area contributed by atoms with Crippen molar-refractivity contribution in [3.63, 3.8) is 0 Å². The van der Waals surface area contributed by atoms with E-state index in [2.05, 4.69) is 82.2 Å². The van der Waals surface area contributed by atoms with Gasteiger partial charge in [0.1, 0.15) is 66.3 Å². The van der Waals surface area contributed by atoms with E-state index in [1.165, 1.54) is 37.8 Å². The largest absolute Gasteiger partial charge is 0.473 e. The summed E-state index contributed by atoms with van der Waals surface area (Å²) in [5.74, 6) is 0.480. The van der Waals surface area contributed by atoms with Crippen LogP contribution in [0.3, 0.4) is 0 Å². The summed E-state index contributed by atoms with van der Waals surface area (Å²) >= 11 is 5.32. The van der Waals surface area contributed by atoms with Crippen LogP contribution in [0.15, 0.2) is 48.8 Å². The van der Waals surface area contributed by atoms with Gasteiger partial charge < -0.3 is 97.8 Å². The Morgan fingerprint density at radius 2 is 0.645 bits per heavy atom. The maximum absolute atomic E-state index is 12.9. The number of phosphoric ester groups is 1. The number of aromatic amines is 1. The molecule has 124 heavy (non-hydrogen) atoms. The summed E-state index contributed by atoms with van der Waals surface area (Å²) < 4.78 is 124. The predicted molar refractivity (Wildman–Crippen MR) is 474 cm³/mol. The van der Waals surface area contributed by atoms with Crippen molar-refractivity contribution < 1.29 is 98.8 Å². The van der Waals surface area contributed by atoms with Gasteiger partial charge in [-0.05, 0) is 170 Å². The van der Waals surface area contributed by atoms with E-state index < -0.39 is 139 Å². The lowest BCUT2D eigenvalue weighted by Gasteiger charge is -2.33. The average molecular weight is 1820 g/mol. The first-order valence-electron chi connectivity index (χ1n) is 41.9. The number of ether oxygens (including phenoxy) is 14. The van der Waals surface area contributed by atoms with E-state index in [0.717, 1.165) is 12.8 Å². The zero-order valence-electron chi connectivity index (χ0n) is 79.4. The molecule has 0 bridgehead atoms. The standard InChI is InChI=1S/C21H38N3O8P.C21H38N3O7PS.C21H37N3O5.C21H36N2O6/c1-13-12-24(19(25)23-17(13)22)18-16(29-10-9-28-8)15(14(30-18)11-20(2,3)4)31-33(26,27)32-21(5,6)7;1-13-12-24(19(25)23-17(13)22)18-16(28-10-9-27-8)15(14(29-18)11-20(2,3)4)30-32(26,33)31-21(5,6)7;1-13-12-24(19(25)23-17(13)22)18-16(27-10-9-26-8)15(29-21(5,6)7)14(28-18)11-20(2,3)4;1-13-12-23(19(25)22-17(13)24)18-16(27-10-9-26-8)15(29-21(5,6)7)14(28-18)11-20(2,3)4/h12,14-16,18H,9-11H2,1-8H3,(H,26,27)(H2,22,23,25);12,14-16,18H,9-11H2,1-8H3,(H,26,33)(H2,22,23,25);12,14-16,18H,9-11H2,1-8H3,(H2,22,23,25);12,14-16,18H,9-11H2,1-8H3,(H,22,24,25)/t14-,15-,16-,18-;14-,15-,16-,18-,32?;2*14-,15-,16-,18-/m1111/s1. The highest BCUT2D eigenvalue weighted by molar-refractivity contribution is 8.07. The summed E-state index contributed by atoms with van der Waals surface area (Å²) in [6.45, 7) is 53.1. The molecule has 18 atom stereocenters. The van der Waals surface area contributed by atoms with Crippen LogP contribution in [0.5, 0.6) is 0 Å². The quantitative estimate of drug-likeness (QED) is 0.0195. The molecule has 8 heterocycles. The fourth-order valence-corrected chi connectivity index (χ4v) is 17.6. The number of nitrogen functional groups attached to an aromatic ring is 3. The van der Waals surface area contributed by atoms with Crippen LogP contribution in [0.2, 0.25) is 0 Å². The summed E-state index contributed by atoms with van der Waals surface area (Å²) in [7, 11) is 1.81. The fourth-order valence-electron chi connectivity index (χ4n) is 14.0. The van der Waals surface area contributed by atoms with Crippen molar-refractivity contribution in [1.29, 1.82) is 0 Å². The van der Waals surface area contributed by atoms with E-state index in [-0.39, 0.29) is 83.4 Å². The van der Waals surface area contributed by atoms with Crippen molar-refractivity contribution in [3.8, 4) is 0 Å². The van der Waals surface area contributed by atoms with Crippen LogP contribution in [-0.4, -0.2) is 225 Å². The van der Waals surface area contributed by atoms with Crippen molar-refractivity contribution in [2.75, 3.05) is 98.5 Å². The van der Waals surface area contributed by atoms with E-state index in [0.29, 0.717) is 68.1 Å². The van der Waals surface area contributed by atoms with Gasteiger partial charge in [0.2, 0.25) is 0 Å². The Morgan fingerprint density at radius 1 is 0.387 bits per heavy atom. The molecule has 0 amide bonds. The van der Waals surface area contributed by atoms with Gasteiger partial charge in [0, 0.05) is 75.5 Å². The monoisotopic (exact) mass is 1820 g/mol. The minimum Gasteiger partial charge on any atom is -0.383 e. The maximum atomic E-state index is 12.9. The smallest absolute Gasteiger partial charge is 0.383 e. The van der Waals surface area contributed by atoms with Gasteiger partial charge in [-0.3, -0.25) is 41.6 Å². The van der Waals surface area contributed by atoms with Gasteiger partial charge in [-0.25, -0.2) is 23.7 Å². The normalized spacial score (nSPS) is 25.7. The van der Waals surface area contributed by atoms with Crippen molar-refractivity contribution >= 4 is 43.8 Å². The fraction of sp³-hybridized carbons (Fsp3) is 0.810. The molecular formula is C84H149N11O26P2S. The molecule has 4 saturated heterocycles. The van der Waals surface area contributed by atoms with Gasteiger partial charge in [-0.2, -0.15) is 15.0 Å². The Hall–Kier alpha value is -5.20. The second kappa shape index (κ2) is 45.1. The van der Waals surface area contributed by atoms with Crippen LogP contribution in [0.4, 0.5) is 17.5 Å². The first-order chi connectivity index (χ1) is 56.7. The Labute approximate surface area is 736 Å². The number of aryl methyl sites for hydroxylation is 4. The first-order valence-corrected chi connectivity index (χ1v) is 46.0. The average Bonchev–Trinajstić information content (AvgIpc) is 1.64. The zero-order valence-corrected chi connectivity index (χ0v) is 82.0. The van der Waals surface area contributed by atoms with Gasteiger partial charge in [0.15, 0.2) is 24.9 Å². The number of hydrogen-bond acceptors (Lipinski definition) is 31. The first kappa shape index (κ1) is 109. The molecule has 0 spiro atoms. The predicted octanol–water partition coefficient (Wildman–Crippen LogP) is 10.8. The third kappa shape index (κ3) is 35.2. The van der Waals surface area contributed by atoms with Crippen molar-refractivity contribution in [2.45, 2.75) is 340 Å². The molecule has 8 rings (SSSR count). The molecule has 0 aliphatic carbocycles. The number of hydrogen-bond donors (Lipinski definition) is 6. The highest BCUT2D eigenvalue weighted by Crippen LogP contribution is 2.55. The molecule has 2 unspecified atom stereocenters. The minimum atomic E-state index is -4.50. The Balaban J connectivity index is 0.000000294. The Bertz CT molecular complexity index is 4310. The van der Waals surface area contributed by atoms with Gasteiger partial charge in [0.05, 0.1) is 99.7 Å². The Kier molecular flexibility index (Phi) is 39.7. The molecule has 712 valence electrons. The van der Waals surface area contributed by atoms with Crippen LogP contribution in [-0.2, 0) is 101 Å². The summed E-state index contributed by atoms with van der Waals surface area (Å²) in [5.41, 5.74) is 14.3. The number of anilines is 3. The lowest BCUT2D eigenvalue weighted by atomic mass is 9.87. The number of rotatable bonds is 32. The summed E-state index contributed by atoms with van der Waals surface area (Å²) in [5, 5.41) is 0. The topological polar surface area (TPSA) is 461 Å². The van der Waals surface area contributed by atoms with Crippen LogP contribution in [0.25, 0.3) is 0 Å². The van der Waals surface area contributed by atoms with E-state index in [1.807, 2.05) is 69.2 Å². The number of H-pyrrole nitrogens is 1. The molecule has 4 aliphatic heterocycles. The SMILES string of the molecule is COCCO[C@@H]1[C@H](OC(C)(C)C)[C@@H](CC(C)(C)C)O[C@H]1n1cc(C)c(=O)[nH]c1=O.COCCO[C@@H]1[C@H](OC(C)(C)C)[C@@H](CC(C)(C)C)O[C@H]1n1cc(C)c(N)nc1=O.COCCO[C@@H]1[C@H](OP(=O)(O)OC(C)(C)C)[C@@H](CC(C)(C)C)O[C@H]1n1cc(C)c(N)nc1=O.COCCO[C@@H]1[C@H](OP(O)(=S)OC(C)(C)C)[C@@H](CC(C)(C)C)O[C@H]1n1cc(C)c(N)nc1=O. The second-order valence-electron chi connectivity index (χ2n) is 40.5. The summed E-state index contributed by atoms with van der Waals surface area (Å²) in [6, 6.07) is 0. The van der Waals surface area contributed by atoms with E-state index in [9.17, 15) is 38.3 Å². The van der Waals surface area contributed by atoms with Crippen LogP contribution < -0.4 is 45.5 Å². The van der Waals surface area contributed by atoms with E-state index in [4.69, 9.17) is 113 Å². The molecule has 9 N–H and O–H groups in total. The van der Waals surface area contributed by atoms with Crippen LogP contribution in [0, 0.1) is 49.4 Å². The number of nitrogens with two attached hydrogens (primary N) is 3. The van der Waals surface area contributed by atoms with Crippen molar-refractivity contribution in [2.24, 2.45) is 21.7 Å². The zero-order chi connectivity index (χ0) is 94.3. The van der Waals surface area contributed by atoms with Crippen LogP contribution >= 0.6 is 14.5 Å². The van der Waals surface area contributed by atoms with Crippen molar-refractivity contribution in [3.05, 3.63) is 99.3 Å². The van der Waals surface area contributed by atoms with E-state index >= 15 is 0 Å². The number of phosphoric acid groups is 1. The summed E-state index contributed by atoms with van der Waals surface area (Å²) in [6.07, 6.45) is -1.37. The molecule has 0 radical (unpaired) electrons. The lowest BCUT2D eigenvalue weighted by Crippen LogP contribution is -2.44. The minimum absolute atomic E-state index is 0.0103. The third-order valence-corrected chi connectivity index (χ3v) is 21.9. The molecule has 37 nitrogen and oxygen atoms in total. The molecule has 40 heteroatoms. The molecule has 4 aliphatic rings. The van der Waals surface area contributed by atoms with Gasteiger partial charge in [-0.1, -0.05) is 83.1 Å². The van der Waals surface area contributed by atoms with Crippen molar-refractivity contribution in [1.82, 2.24) is 38.2 Å². The maximum Gasteiger partial charge on any atom is 0.473 e. The molecule has 0 aromatic carbocycles. The highest BCUT2D eigenvalue weighted by atomic mass is 32.5. The van der Waals surface area contributed by atoms with Crippen LogP contribution in [0.1, 0.15) is 239 Å². The van der Waals surface area contributed by atoms with E-state index in [1.54, 1.807) is 96.0 Å². The molecule has 4 aromatic heterocycles. The molecule has 4 aromatic rings. The number of nitrogens with zero attached hydrogens (tertiary/aromatic N) is 7. The highest BCUT2D eigenvalue weighted by Gasteiger charge is 2.56. The third-order valence-electron chi connectivity index (χ3n) is 18.8. The molecule has 4 fully saturated rings. The molecule has 0 saturated carbocycles. The Morgan fingerprint density at radius 3 is 0.911 bits per heavy atom. The van der Waals surface area contributed by atoms with Gasteiger partial charge in [0.25, 0.3) is 5.56 Å². The van der Waals surface area contributed by atoms with Gasteiger partial charge >= 0.3 is 37.3 Å². The number of nitrogens with one attached hydrogen (secondary N) is 1. The second-order valence-corrected chi connectivity index (χ2v) is 44.5. The number of methoxy groups -OCH3 is 4. The summed E-state index contributed by atoms with van der Waals surface area (Å²) in [4.78, 5) is 97.7.